The lowest BCUT2D eigenvalue weighted by atomic mass is 10.2. The van der Waals surface area contributed by atoms with E-state index in [0.717, 1.165) is 12.5 Å². The Kier molecular flexibility index (Phi) is 2.81. The Morgan fingerprint density at radius 1 is 1.58 bits per heavy atom. The summed E-state index contributed by atoms with van der Waals surface area (Å²) < 4.78 is -0.406. The summed E-state index contributed by atoms with van der Waals surface area (Å²) in [6.07, 6.45) is 2.58. The molecule has 2 nitrogen and oxygen atoms in total. The highest BCUT2D eigenvalue weighted by molar-refractivity contribution is 9.10. The van der Waals surface area contributed by atoms with E-state index in [-0.39, 0.29) is 5.91 Å². The monoisotopic (exact) mass is 233 g/mol. The van der Waals surface area contributed by atoms with E-state index in [1.807, 2.05) is 25.8 Å². The lowest BCUT2D eigenvalue weighted by molar-refractivity contribution is -0.131. The van der Waals surface area contributed by atoms with Gasteiger partial charge in [0.15, 0.2) is 0 Å². The van der Waals surface area contributed by atoms with Gasteiger partial charge in [-0.2, -0.15) is 0 Å². The maximum atomic E-state index is 11.6. The summed E-state index contributed by atoms with van der Waals surface area (Å²) in [6, 6.07) is 0. The molecule has 1 aliphatic rings. The summed E-state index contributed by atoms with van der Waals surface area (Å²) in [4.78, 5) is 13.4. The van der Waals surface area contributed by atoms with Crippen molar-refractivity contribution in [3.8, 4) is 0 Å². The number of alkyl halides is 1. The van der Waals surface area contributed by atoms with E-state index in [0.29, 0.717) is 0 Å². The van der Waals surface area contributed by atoms with Crippen molar-refractivity contribution in [1.29, 1.82) is 0 Å². The summed E-state index contributed by atoms with van der Waals surface area (Å²) in [5, 5.41) is 0. The molecular weight excluding hydrogens is 218 g/mol. The lowest BCUT2D eigenvalue weighted by Gasteiger charge is -2.24. The van der Waals surface area contributed by atoms with Crippen molar-refractivity contribution in [2.24, 2.45) is 5.92 Å². The number of carbonyl (C=O) groups is 1. The highest BCUT2D eigenvalue weighted by Gasteiger charge is 2.31. The van der Waals surface area contributed by atoms with Gasteiger partial charge in [-0.25, -0.2) is 0 Å². The zero-order chi connectivity index (χ0) is 9.35. The molecule has 1 saturated carbocycles. The van der Waals surface area contributed by atoms with Crippen LogP contribution < -0.4 is 0 Å². The van der Waals surface area contributed by atoms with Gasteiger partial charge in [0, 0.05) is 13.6 Å². The molecule has 1 rings (SSSR count). The van der Waals surface area contributed by atoms with Crippen molar-refractivity contribution in [1.82, 2.24) is 4.90 Å². The molecule has 0 aromatic heterocycles. The normalized spacial score (nSPS) is 17.7. The molecule has 1 aliphatic carbocycles. The second-order valence-electron chi connectivity index (χ2n) is 4.10. The minimum Gasteiger partial charge on any atom is -0.344 e. The van der Waals surface area contributed by atoms with E-state index < -0.39 is 4.32 Å². The first-order valence-corrected chi connectivity index (χ1v) is 5.15. The first kappa shape index (κ1) is 10.0. The number of amides is 1. The van der Waals surface area contributed by atoms with Gasteiger partial charge in [0.1, 0.15) is 0 Å². The van der Waals surface area contributed by atoms with Crippen LogP contribution in [0.4, 0.5) is 0 Å². The number of halogens is 1. The molecule has 3 heteroatoms. The SMILES string of the molecule is CN(CC1CC1)C(=O)C(C)(C)Br. The van der Waals surface area contributed by atoms with Gasteiger partial charge in [-0.05, 0) is 32.6 Å². The molecule has 1 amide bonds. The van der Waals surface area contributed by atoms with Gasteiger partial charge in [0.2, 0.25) is 5.91 Å². The first-order valence-electron chi connectivity index (χ1n) is 4.35. The lowest BCUT2D eigenvalue weighted by Crippen LogP contribution is -2.40. The number of rotatable bonds is 3. The minimum absolute atomic E-state index is 0.175. The zero-order valence-electron chi connectivity index (χ0n) is 7.93. The summed E-state index contributed by atoms with van der Waals surface area (Å²) in [6.45, 7) is 4.70. The minimum atomic E-state index is -0.406. The van der Waals surface area contributed by atoms with E-state index in [9.17, 15) is 4.79 Å². The fourth-order valence-electron chi connectivity index (χ4n) is 1.22. The van der Waals surface area contributed by atoms with Crippen molar-refractivity contribution >= 4 is 21.8 Å². The van der Waals surface area contributed by atoms with Gasteiger partial charge in [0.05, 0.1) is 4.32 Å². The standard InChI is InChI=1S/C9H16BrNO/c1-9(2,10)8(12)11(3)6-7-4-5-7/h7H,4-6H2,1-3H3. The molecule has 0 spiro atoms. The Bertz CT molecular complexity index is 181. The molecule has 0 unspecified atom stereocenters. The molecule has 0 aliphatic heterocycles. The van der Waals surface area contributed by atoms with Gasteiger partial charge in [-0.3, -0.25) is 4.79 Å². The van der Waals surface area contributed by atoms with Crippen LogP contribution in [0.15, 0.2) is 0 Å². The quantitative estimate of drug-likeness (QED) is 0.684. The van der Waals surface area contributed by atoms with Gasteiger partial charge in [-0.15, -0.1) is 0 Å². The average Bonchev–Trinajstić information content (AvgIpc) is 2.68. The van der Waals surface area contributed by atoms with Gasteiger partial charge in [0.25, 0.3) is 0 Å². The highest BCUT2D eigenvalue weighted by Crippen LogP contribution is 2.30. The second kappa shape index (κ2) is 3.36. The Labute approximate surface area is 82.4 Å². The predicted molar refractivity (Wildman–Crippen MR) is 53.4 cm³/mol. The highest BCUT2D eigenvalue weighted by atomic mass is 79.9. The Hall–Kier alpha value is -0.0500. The smallest absolute Gasteiger partial charge is 0.238 e. The molecule has 0 aromatic rings. The van der Waals surface area contributed by atoms with E-state index in [1.54, 1.807) is 0 Å². The first-order chi connectivity index (χ1) is 5.41. The maximum absolute atomic E-state index is 11.6. The summed E-state index contributed by atoms with van der Waals surface area (Å²) in [5.41, 5.74) is 0. The Morgan fingerprint density at radius 3 is 2.42 bits per heavy atom. The van der Waals surface area contributed by atoms with Crippen molar-refractivity contribution in [3.05, 3.63) is 0 Å². The molecule has 70 valence electrons. The van der Waals surface area contributed by atoms with Crippen LogP contribution in [-0.4, -0.2) is 28.7 Å². The summed E-state index contributed by atoms with van der Waals surface area (Å²) >= 11 is 3.36. The van der Waals surface area contributed by atoms with Crippen molar-refractivity contribution in [3.63, 3.8) is 0 Å². The third-order valence-electron chi connectivity index (χ3n) is 2.08. The van der Waals surface area contributed by atoms with Gasteiger partial charge >= 0.3 is 0 Å². The number of carbonyl (C=O) groups excluding carboxylic acids is 1. The predicted octanol–water partition coefficient (Wildman–Crippen LogP) is 2.03. The molecule has 0 aromatic carbocycles. The van der Waals surface area contributed by atoms with E-state index in [4.69, 9.17) is 0 Å². The van der Waals surface area contributed by atoms with Crippen LogP contribution in [0.2, 0.25) is 0 Å². The molecule has 0 heterocycles. The van der Waals surface area contributed by atoms with E-state index >= 15 is 0 Å². The van der Waals surface area contributed by atoms with E-state index in [1.165, 1.54) is 12.8 Å². The topological polar surface area (TPSA) is 20.3 Å². The van der Waals surface area contributed by atoms with Crippen molar-refractivity contribution < 1.29 is 4.79 Å². The number of nitrogens with zero attached hydrogens (tertiary/aromatic N) is 1. The summed E-state index contributed by atoms with van der Waals surface area (Å²) in [7, 11) is 1.88. The largest absolute Gasteiger partial charge is 0.344 e. The van der Waals surface area contributed by atoms with E-state index in [2.05, 4.69) is 15.9 Å². The van der Waals surface area contributed by atoms with Crippen LogP contribution in [0, 0.1) is 5.92 Å². The van der Waals surface area contributed by atoms with Gasteiger partial charge in [-0.1, -0.05) is 15.9 Å². The molecule has 0 bridgehead atoms. The summed E-state index contributed by atoms with van der Waals surface area (Å²) in [5.74, 6) is 0.947. The van der Waals surface area contributed by atoms with Crippen LogP contribution >= 0.6 is 15.9 Å². The average molecular weight is 234 g/mol. The number of hydrogen-bond acceptors (Lipinski definition) is 1. The van der Waals surface area contributed by atoms with Crippen LogP contribution in [0.1, 0.15) is 26.7 Å². The fraction of sp³-hybridized carbons (Fsp3) is 0.889. The molecule has 12 heavy (non-hydrogen) atoms. The Morgan fingerprint density at radius 2 is 2.08 bits per heavy atom. The third kappa shape index (κ3) is 2.77. The second-order valence-corrected chi connectivity index (χ2v) is 6.08. The fourth-order valence-corrected chi connectivity index (χ4v) is 1.53. The van der Waals surface area contributed by atoms with Crippen LogP contribution in [0.5, 0.6) is 0 Å². The van der Waals surface area contributed by atoms with Crippen LogP contribution in [0.3, 0.4) is 0 Å². The number of hydrogen-bond donors (Lipinski definition) is 0. The van der Waals surface area contributed by atoms with Crippen LogP contribution in [0.25, 0.3) is 0 Å². The maximum Gasteiger partial charge on any atom is 0.238 e. The third-order valence-corrected chi connectivity index (χ3v) is 2.42. The Balaban J connectivity index is 2.39. The molecule has 0 saturated heterocycles. The zero-order valence-corrected chi connectivity index (χ0v) is 9.52. The van der Waals surface area contributed by atoms with Crippen molar-refractivity contribution in [2.45, 2.75) is 31.0 Å². The molecular formula is C9H16BrNO. The molecule has 0 radical (unpaired) electrons. The van der Waals surface area contributed by atoms with Gasteiger partial charge < -0.3 is 4.90 Å². The molecule has 0 N–H and O–H groups in total. The van der Waals surface area contributed by atoms with Crippen molar-refractivity contribution in [2.75, 3.05) is 13.6 Å². The molecule has 1 fully saturated rings. The van der Waals surface area contributed by atoms with Crippen LogP contribution in [-0.2, 0) is 4.79 Å². The molecule has 0 atom stereocenters.